The second-order valence-corrected chi connectivity index (χ2v) is 9.79. The quantitative estimate of drug-likeness (QED) is 0.478. The van der Waals surface area contributed by atoms with Crippen LogP contribution in [0.3, 0.4) is 0 Å². The average molecular weight is 512 g/mol. The van der Waals surface area contributed by atoms with Crippen molar-refractivity contribution in [3.05, 3.63) is 54.4 Å². The highest BCUT2D eigenvalue weighted by Gasteiger charge is 2.53. The number of rotatable bonds is 7. The lowest BCUT2D eigenvalue weighted by Crippen LogP contribution is -2.48. The average Bonchev–Trinajstić information content (AvgIpc) is 3.71. The molecule has 1 aliphatic carbocycles. The van der Waals surface area contributed by atoms with Gasteiger partial charge in [-0.05, 0) is 56.2 Å². The molecule has 2 aliphatic heterocycles. The van der Waals surface area contributed by atoms with Gasteiger partial charge in [0.15, 0.2) is 0 Å². The number of hydrogen-bond acceptors (Lipinski definition) is 7. The van der Waals surface area contributed by atoms with E-state index in [-0.39, 0.29) is 24.3 Å². The molecule has 1 saturated carbocycles. The van der Waals surface area contributed by atoms with E-state index in [2.05, 4.69) is 55.4 Å². The number of fused-ring (bicyclic) bond motifs is 1. The van der Waals surface area contributed by atoms with Crippen LogP contribution in [0.25, 0.3) is 0 Å². The fraction of sp³-hybridized carbons (Fsp3) is 0.519. The van der Waals surface area contributed by atoms with Gasteiger partial charge < -0.3 is 25.3 Å². The fourth-order valence-electron chi connectivity index (χ4n) is 5.36. The van der Waals surface area contributed by atoms with E-state index >= 15 is 0 Å². The van der Waals surface area contributed by atoms with Crippen molar-refractivity contribution in [3.63, 3.8) is 0 Å². The summed E-state index contributed by atoms with van der Waals surface area (Å²) in [4.78, 5) is 44.0. The van der Waals surface area contributed by atoms with Crippen LogP contribution in [0.15, 0.2) is 48.8 Å². The van der Waals surface area contributed by atoms with Gasteiger partial charge in [0.1, 0.15) is 0 Å². The Bertz CT molecular complexity index is 970. The molecular formula is C27H37N5O5. The van der Waals surface area contributed by atoms with Crippen LogP contribution in [0.2, 0.25) is 0 Å². The van der Waals surface area contributed by atoms with Gasteiger partial charge in [0.05, 0.1) is 5.41 Å². The van der Waals surface area contributed by atoms with Crippen molar-refractivity contribution in [1.29, 1.82) is 0 Å². The van der Waals surface area contributed by atoms with Crippen LogP contribution in [0.1, 0.15) is 31.2 Å². The third-order valence-corrected chi connectivity index (χ3v) is 7.37. The summed E-state index contributed by atoms with van der Waals surface area (Å²) in [5, 5.41) is 17.1. The molecular weight excluding hydrogens is 474 g/mol. The van der Waals surface area contributed by atoms with E-state index in [9.17, 15) is 4.79 Å². The maximum absolute atomic E-state index is 13.6. The SMILES string of the molecule is O=C(NCC1CC1)[C@@]12CCCN(CCc3ccccc3)C[C@H]1CN(c1ncccn1)C2.O=CO.O=CO. The minimum Gasteiger partial charge on any atom is -0.483 e. The second kappa shape index (κ2) is 14.3. The number of carboxylic acid groups (broad SMARTS) is 2. The van der Waals surface area contributed by atoms with Gasteiger partial charge in [0.25, 0.3) is 12.9 Å². The van der Waals surface area contributed by atoms with Crippen LogP contribution in [0, 0.1) is 17.3 Å². The van der Waals surface area contributed by atoms with Crippen molar-refractivity contribution in [3.8, 4) is 0 Å². The molecule has 37 heavy (non-hydrogen) atoms. The number of nitrogens with one attached hydrogen (secondary N) is 1. The molecule has 200 valence electrons. The van der Waals surface area contributed by atoms with E-state index in [1.807, 2.05) is 6.07 Å². The molecule has 2 atom stereocenters. The standard InChI is InChI=1S/C25H33N5O.2CH2O2/c31-23(28-16-21-8-9-21)25-11-4-14-29(15-10-20-6-2-1-3-7-20)17-22(25)18-30(19-25)24-26-12-5-13-27-24;2*2-1-3/h1-3,5-7,12-13,21-22H,4,8-11,14-19H2,(H,28,31);2*1H,(H,2,3)/t22-,25+;;/m0../s1. The molecule has 1 aromatic heterocycles. The Kier molecular flexibility index (Phi) is 10.8. The minimum atomic E-state index is -0.338. The number of carbonyl (C=O) groups excluding carboxylic acids is 1. The first-order valence-corrected chi connectivity index (χ1v) is 12.8. The largest absolute Gasteiger partial charge is 0.483 e. The Balaban J connectivity index is 0.000000580. The van der Waals surface area contributed by atoms with Crippen LogP contribution in [0.5, 0.6) is 0 Å². The van der Waals surface area contributed by atoms with Crippen LogP contribution in [0.4, 0.5) is 5.95 Å². The Labute approximate surface area is 217 Å². The highest BCUT2D eigenvalue weighted by molar-refractivity contribution is 5.84. The van der Waals surface area contributed by atoms with E-state index in [1.165, 1.54) is 18.4 Å². The zero-order valence-corrected chi connectivity index (χ0v) is 21.1. The van der Waals surface area contributed by atoms with E-state index < -0.39 is 0 Å². The smallest absolute Gasteiger partial charge is 0.290 e. The lowest BCUT2D eigenvalue weighted by Gasteiger charge is -2.32. The van der Waals surface area contributed by atoms with Gasteiger partial charge in [0, 0.05) is 51.0 Å². The van der Waals surface area contributed by atoms with Crippen LogP contribution >= 0.6 is 0 Å². The number of hydrogen-bond donors (Lipinski definition) is 3. The number of amides is 1. The van der Waals surface area contributed by atoms with Crippen molar-refractivity contribution < 1.29 is 24.6 Å². The van der Waals surface area contributed by atoms with Crippen molar-refractivity contribution in [1.82, 2.24) is 20.2 Å². The van der Waals surface area contributed by atoms with Gasteiger partial charge in [-0.25, -0.2) is 9.97 Å². The van der Waals surface area contributed by atoms with Crippen molar-refractivity contribution in [2.24, 2.45) is 17.3 Å². The predicted octanol–water partition coefficient (Wildman–Crippen LogP) is 2.17. The highest BCUT2D eigenvalue weighted by atomic mass is 16.3. The summed E-state index contributed by atoms with van der Waals surface area (Å²) in [6.45, 7) is 5.00. The van der Waals surface area contributed by atoms with E-state index in [0.717, 1.165) is 64.5 Å². The summed E-state index contributed by atoms with van der Waals surface area (Å²) in [5.41, 5.74) is 1.04. The summed E-state index contributed by atoms with van der Waals surface area (Å²) in [6, 6.07) is 12.6. The molecule has 0 radical (unpaired) electrons. The number of aromatic nitrogens is 2. The molecule has 5 rings (SSSR count). The Hall–Kier alpha value is -3.53. The summed E-state index contributed by atoms with van der Waals surface area (Å²) in [7, 11) is 0. The number of nitrogens with zero attached hydrogens (tertiary/aromatic N) is 4. The molecule has 3 N–H and O–H groups in total. The third kappa shape index (κ3) is 7.98. The monoisotopic (exact) mass is 511 g/mol. The Morgan fingerprint density at radius 1 is 1.05 bits per heavy atom. The molecule has 3 aliphatic rings. The van der Waals surface area contributed by atoms with Gasteiger partial charge in [-0.15, -0.1) is 0 Å². The number of likely N-dealkylation sites (tertiary alicyclic amines) is 1. The maximum atomic E-state index is 13.6. The predicted molar refractivity (Wildman–Crippen MR) is 139 cm³/mol. The Morgan fingerprint density at radius 2 is 1.73 bits per heavy atom. The maximum Gasteiger partial charge on any atom is 0.290 e. The van der Waals surface area contributed by atoms with E-state index in [0.29, 0.717) is 11.8 Å². The molecule has 10 nitrogen and oxygen atoms in total. The summed E-state index contributed by atoms with van der Waals surface area (Å²) < 4.78 is 0. The number of carbonyl (C=O) groups is 3. The summed E-state index contributed by atoms with van der Waals surface area (Å²) in [5.74, 6) is 2.00. The number of benzene rings is 1. The van der Waals surface area contributed by atoms with Gasteiger partial charge in [-0.1, -0.05) is 30.3 Å². The van der Waals surface area contributed by atoms with Crippen LogP contribution in [-0.2, 0) is 20.8 Å². The molecule has 0 unspecified atom stereocenters. The molecule has 1 amide bonds. The topological polar surface area (TPSA) is 136 Å². The molecule has 3 heterocycles. The first kappa shape index (κ1) is 28.0. The molecule has 0 bridgehead atoms. The van der Waals surface area contributed by atoms with Crippen molar-refractivity contribution in [2.75, 3.05) is 44.2 Å². The first-order chi connectivity index (χ1) is 18.1. The fourth-order valence-corrected chi connectivity index (χ4v) is 5.36. The lowest BCUT2D eigenvalue weighted by molar-refractivity contribution is -0.132. The minimum absolute atomic E-state index is 0.250. The van der Waals surface area contributed by atoms with Gasteiger partial charge >= 0.3 is 0 Å². The molecule has 3 fully saturated rings. The summed E-state index contributed by atoms with van der Waals surface area (Å²) >= 11 is 0. The molecule has 1 aromatic carbocycles. The zero-order chi connectivity index (χ0) is 26.5. The van der Waals surface area contributed by atoms with Crippen LogP contribution in [-0.4, -0.2) is 83.2 Å². The zero-order valence-electron chi connectivity index (χ0n) is 21.1. The molecule has 10 heteroatoms. The van der Waals surface area contributed by atoms with Crippen molar-refractivity contribution in [2.45, 2.75) is 32.1 Å². The van der Waals surface area contributed by atoms with Gasteiger partial charge in [-0.3, -0.25) is 14.4 Å². The highest BCUT2D eigenvalue weighted by Crippen LogP contribution is 2.44. The number of anilines is 1. The lowest BCUT2D eigenvalue weighted by atomic mass is 9.74. The third-order valence-electron chi connectivity index (χ3n) is 7.37. The van der Waals surface area contributed by atoms with Crippen molar-refractivity contribution >= 4 is 24.8 Å². The Morgan fingerprint density at radius 3 is 2.38 bits per heavy atom. The first-order valence-electron chi connectivity index (χ1n) is 12.8. The van der Waals surface area contributed by atoms with Gasteiger partial charge in [0.2, 0.25) is 11.9 Å². The normalized spacial score (nSPS) is 22.7. The van der Waals surface area contributed by atoms with Gasteiger partial charge in [-0.2, -0.15) is 0 Å². The summed E-state index contributed by atoms with van der Waals surface area (Å²) in [6.07, 6.45) is 9.16. The molecule has 2 aromatic rings. The molecule has 0 spiro atoms. The molecule has 2 saturated heterocycles. The second-order valence-electron chi connectivity index (χ2n) is 9.79. The van der Waals surface area contributed by atoms with E-state index in [4.69, 9.17) is 19.8 Å². The van der Waals surface area contributed by atoms with E-state index in [1.54, 1.807) is 12.4 Å². The van der Waals surface area contributed by atoms with Crippen LogP contribution < -0.4 is 10.2 Å².